The molecule has 1 aliphatic heterocycles. The maximum atomic E-state index is 2.75. The summed E-state index contributed by atoms with van der Waals surface area (Å²) in [6, 6.07) is 0. The number of rotatable bonds is 5. The van der Waals surface area contributed by atoms with Crippen LogP contribution in [0.25, 0.3) is 0 Å². The minimum absolute atomic E-state index is 1.18. The average Bonchev–Trinajstić information content (AvgIpc) is 2.71. The van der Waals surface area contributed by atoms with E-state index in [9.17, 15) is 0 Å². The van der Waals surface area contributed by atoms with Gasteiger partial charge in [-0.2, -0.15) is 0 Å². The number of nitrogens with zero attached hydrogens (tertiary/aromatic N) is 2. The Labute approximate surface area is 95.8 Å². The van der Waals surface area contributed by atoms with Crippen LogP contribution in [0.4, 0.5) is 0 Å². The molecule has 0 aromatic rings. The third kappa shape index (κ3) is 8.85. The largest absolute Gasteiger partial charge is 0.323 e. The molecule has 1 heterocycles. The number of hydrogen-bond donors (Lipinski definition) is 1. The van der Waals surface area contributed by atoms with Gasteiger partial charge in [0, 0.05) is 0 Å². The first-order valence-corrected chi connectivity index (χ1v) is 6.24. The third-order valence-corrected chi connectivity index (χ3v) is 2.75. The van der Waals surface area contributed by atoms with E-state index in [-0.39, 0.29) is 0 Å². The van der Waals surface area contributed by atoms with Gasteiger partial charge in [-0.05, 0) is 73.1 Å². The van der Waals surface area contributed by atoms with E-state index in [0.717, 1.165) is 0 Å². The quantitative estimate of drug-likeness (QED) is 0.745. The van der Waals surface area contributed by atoms with Gasteiger partial charge in [0.15, 0.2) is 0 Å². The van der Waals surface area contributed by atoms with Crippen molar-refractivity contribution in [3.05, 3.63) is 0 Å². The Morgan fingerprint density at radius 2 is 1.73 bits per heavy atom. The Bertz CT molecular complexity index is 122. The highest BCUT2D eigenvalue weighted by Crippen LogP contribution is 2.07. The second kappa shape index (κ2) is 10.4. The highest BCUT2D eigenvalue weighted by molar-refractivity contribution is 4.66. The predicted octanol–water partition coefficient (Wildman–Crippen LogP) is 1.26. The van der Waals surface area contributed by atoms with E-state index in [1.54, 1.807) is 0 Å². The maximum absolute atomic E-state index is 2.75. The van der Waals surface area contributed by atoms with Crippen LogP contribution in [0.5, 0.6) is 0 Å². The topological polar surface area (TPSA) is 18.5 Å². The molecule has 0 unspecified atom stereocenters. The molecule has 0 saturated carbocycles. The Morgan fingerprint density at radius 1 is 1.20 bits per heavy atom. The van der Waals surface area contributed by atoms with E-state index in [1.165, 1.54) is 52.0 Å². The molecule has 1 saturated heterocycles. The summed E-state index contributed by atoms with van der Waals surface area (Å²) in [5.74, 6) is 0. The zero-order valence-corrected chi connectivity index (χ0v) is 11.1. The normalized spacial score (nSPS) is 16.6. The maximum Gasteiger partial charge on any atom is -0.000655 e. The Hall–Kier alpha value is -0.120. The zero-order valence-electron chi connectivity index (χ0n) is 11.1. The van der Waals surface area contributed by atoms with Crippen LogP contribution in [0.2, 0.25) is 0 Å². The van der Waals surface area contributed by atoms with Gasteiger partial charge >= 0.3 is 0 Å². The zero-order chi connectivity index (χ0) is 11.5. The van der Waals surface area contributed by atoms with Gasteiger partial charge in [0.2, 0.25) is 0 Å². The first-order valence-electron chi connectivity index (χ1n) is 6.24. The molecule has 1 fully saturated rings. The van der Waals surface area contributed by atoms with Gasteiger partial charge in [0.1, 0.15) is 0 Å². The summed E-state index contributed by atoms with van der Waals surface area (Å²) in [7, 11) is 5.95. The highest BCUT2D eigenvalue weighted by Gasteiger charge is 2.10. The fourth-order valence-corrected chi connectivity index (χ4v) is 1.73. The van der Waals surface area contributed by atoms with Crippen LogP contribution in [0, 0.1) is 0 Å². The first kappa shape index (κ1) is 14.9. The lowest BCUT2D eigenvalue weighted by molar-refractivity contribution is 0.286. The van der Waals surface area contributed by atoms with Crippen LogP contribution in [-0.2, 0) is 0 Å². The monoisotopic (exact) mass is 215 g/mol. The van der Waals surface area contributed by atoms with Gasteiger partial charge in [0.25, 0.3) is 0 Å². The molecule has 0 spiro atoms. The molecule has 15 heavy (non-hydrogen) atoms. The summed E-state index contributed by atoms with van der Waals surface area (Å²) in [6.07, 6.45) is 4.18. The van der Waals surface area contributed by atoms with E-state index in [0.29, 0.717) is 0 Å². The van der Waals surface area contributed by atoms with Gasteiger partial charge in [-0.25, -0.2) is 0 Å². The summed E-state index contributed by atoms with van der Waals surface area (Å²) in [5.41, 5.74) is 0. The van der Waals surface area contributed by atoms with Crippen molar-refractivity contribution in [2.45, 2.75) is 26.2 Å². The van der Waals surface area contributed by atoms with Crippen molar-refractivity contribution in [2.75, 3.05) is 53.9 Å². The van der Waals surface area contributed by atoms with Crippen LogP contribution in [-0.4, -0.2) is 63.7 Å². The molecule has 0 atom stereocenters. The van der Waals surface area contributed by atoms with Crippen LogP contribution in [0.1, 0.15) is 26.2 Å². The lowest BCUT2D eigenvalue weighted by Crippen LogP contribution is -2.26. The number of likely N-dealkylation sites (tertiary alicyclic amines) is 1. The molecule has 92 valence electrons. The second-order valence-corrected chi connectivity index (χ2v) is 4.30. The average molecular weight is 215 g/mol. The number of nitrogens with one attached hydrogen (secondary N) is 1. The standard InChI is InChI=1S/C10H22N2.C2H7N/c1-3-11(2)7-6-10-12-8-4-5-9-12;1-3-2/h3-10H2,1-2H3;3H,1-2H3. The molecule has 0 aromatic heterocycles. The minimum Gasteiger partial charge on any atom is -0.323 e. The fraction of sp³-hybridized carbons (Fsp3) is 1.00. The van der Waals surface area contributed by atoms with E-state index in [1.807, 2.05) is 14.1 Å². The van der Waals surface area contributed by atoms with Crippen LogP contribution in [0.15, 0.2) is 0 Å². The molecule has 3 heteroatoms. The molecule has 0 amide bonds. The van der Waals surface area contributed by atoms with E-state index in [2.05, 4.69) is 29.1 Å². The molecule has 1 aliphatic rings. The van der Waals surface area contributed by atoms with Crippen molar-refractivity contribution in [3.8, 4) is 0 Å². The first-order chi connectivity index (χ1) is 7.24. The molecule has 0 bridgehead atoms. The molecule has 0 radical (unpaired) electrons. The highest BCUT2D eigenvalue weighted by atomic mass is 15.1. The van der Waals surface area contributed by atoms with E-state index in [4.69, 9.17) is 0 Å². The van der Waals surface area contributed by atoms with Gasteiger partial charge in [0.05, 0.1) is 0 Å². The predicted molar refractivity (Wildman–Crippen MR) is 68.4 cm³/mol. The van der Waals surface area contributed by atoms with E-state index >= 15 is 0 Å². The number of hydrogen-bond acceptors (Lipinski definition) is 3. The molecule has 1 rings (SSSR count). The SMILES string of the molecule is CCN(C)CCCN1CCCC1.CNC. The van der Waals surface area contributed by atoms with Gasteiger partial charge < -0.3 is 15.1 Å². The summed E-state index contributed by atoms with van der Waals surface area (Å²) in [6.45, 7) is 8.65. The Balaban J connectivity index is 0.000000583. The Kier molecular flexibility index (Phi) is 10.3. The van der Waals surface area contributed by atoms with Crippen molar-refractivity contribution in [3.63, 3.8) is 0 Å². The van der Waals surface area contributed by atoms with Crippen molar-refractivity contribution in [2.24, 2.45) is 0 Å². The smallest absolute Gasteiger partial charge is 0.000655 e. The summed E-state index contributed by atoms with van der Waals surface area (Å²) >= 11 is 0. The molecular weight excluding hydrogens is 186 g/mol. The van der Waals surface area contributed by atoms with Crippen molar-refractivity contribution < 1.29 is 0 Å². The van der Waals surface area contributed by atoms with Crippen LogP contribution in [0.3, 0.4) is 0 Å². The van der Waals surface area contributed by atoms with Gasteiger partial charge in [-0.1, -0.05) is 6.92 Å². The fourth-order valence-electron chi connectivity index (χ4n) is 1.73. The lowest BCUT2D eigenvalue weighted by atomic mass is 10.3. The summed E-state index contributed by atoms with van der Waals surface area (Å²) in [4.78, 5) is 4.97. The molecule has 0 aliphatic carbocycles. The third-order valence-electron chi connectivity index (χ3n) is 2.75. The van der Waals surface area contributed by atoms with Crippen LogP contribution >= 0.6 is 0 Å². The second-order valence-electron chi connectivity index (χ2n) is 4.30. The Morgan fingerprint density at radius 3 is 2.20 bits per heavy atom. The molecule has 0 aromatic carbocycles. The summed E-state index contributed by atoms with van der Waals surface area (Å²) < 4.78 is 0. The van der Waals surface area contributed by atoms with Gasteiger partial charge in [-0.3, -0.25) is 0 Å². The van der Waals surface area contributed by atoms with Crippen LogP contribution < -0.4 is 5.32 Å². The summed E-state index contributed by atoms with van der Waals surface area (Å²) in [5, 5.41) is 2.75. The lowest BCUT2D eigenvalue weighted by Gasteiger charge is -2.17. The molecule has 1 N–H and O–H groups in total. The molecular formula is C12H29N3. The molecule has 3 nitrogen and oxygen atoms in total. The van der Waals surface area contributed by atoms with Gasteiger partial charge in [-0.15, -0.1) is 0 Å². The van der Waals surface area contributed by atoms with Crippen molar-refractivity contribution in [1.82, 2.24) is 15.1 Å². The van der Waals surface area contributed by atoms with Crippen molar-refractivity contribution >= 4 is 0 Å². The van der Waals surface area contributed by atoms with Crippen molar-refractivity contribution in [1.29, 1.82) is 0 Å². The van der Waals surface area contributed by atoms with E-state index < -0.39 is 0 Å². The minimum atomic E-state index is 1.18.